The second-order valence-electron chi connectivity index (χ2n) is 8.17. The number of nitrogens with one attached hydrogen (secondary N) is 1. The lowest BCUT2D eigenvalue weighted by atomic mass is 10.1. The number of hydrogen-bond donors (Lipinski definition) is 1. The third-order valence-electron chi connectivity index (χ3n) is 5.37. The highest BCUT2D eigenvalue weighted by Crippen LogP contribution is 2.28. The van der Waals surface area contributed by atoms with E-state index in [2.05, 4.69) is 37.2 Å². The van der Waals surface area contributed by atoms with E-state index in [0.717, 1.165) is 15.6 Å². The normalized spacial score (nSPS) is 10.9. The Morgan fingerprint density at radius 3 is 2.13 bits per heavy atom. The molecule has 38 heavy (non-hydrogen) atoms. The molecule has 0 saturated heterocycles. The van der Waals surface area contributed by atoms with Crippen LogP contribution in [0.3, 0.4) is 0 Å². The van der Waals surface area contributed by atoms with Crippen molar-refractivity contribution in [2.45, 2.75) is 13.2 Å². The van der Waals surface area contributed by atoms with Crippen LogP contribution in [0.1, 0.15) is 16.7 Å². The zero-order valence-electron chi connectivity index (χ0n) is 20.0. The molecule has 1 N–H and O–H groups in total. The van der Waals surface area contributed by atoms with Crippen LogP contribution in [0, 0.1) is 17.1 Å². The van der Waals surface area contributed by atoms with E-state index in [0.29, 0.717) is 33.8 Å². The number of hydrogen-bond acceptors (Lipinski definition) is 4. The Kier molecular flexibility index (Phi) is 9.30. The number of amides is 1. The van der Waals surface area contributed by atoms with E-state index in [9.17, 15) is 14.4 Å². The largest absolute Gasteiger partial charge is 0.489 e. The topological polar surface area (TPSA) is 71.3 Å². The first kappa shape index (κ1) is 27.1. The molecule has 0 radical (unpaired) electrons. The molecule has 0 aliphatic carbocycles. The predicted octanol–water partition coefficient (Wildman–Crippen LogP) is 8.05. The van der Waals surface area contributed by atoms with Gasteiger partial charge in [-0.15, -0.1) is 0 Å². The number of rotatable bonds is 9. The van der Waals surface area contributed by atoms with Crippen LogP contribution in [0.4, 0.5) is 10.1 Å². The lowest BCUT2D eigenvalue weighted by Gasteiger charge is -2.10. The minimum atomic E-state index is -0.524. The van der Waals surface area contributed by atoms with Gasteiger partial charge in [-0.3, -0.25) is 4.79 Å². The van der Waals surface area contributed by atoms with Gasteiger partial charge in [-0.1, -0.05) is 46.3 Å². The van der Waals surface area contributed by atoms with Crippen molar-refractivity contribution in [1.29, 1.82) is 5.26 Å². The third kappa shape index (κ3) is 7.78. The van der Waals surface area contributed by atoms with Crippen molar-refractivity contribution in [2.75, 3.05) is 5.32 Å². The SMILES string of the molecule is N#C/C(=C\c1ccc(OCc2ccc(F)cc2)c(Br)c1)C(=O)Nc1ccc(OCc2ccc(Br)cc2)cc1. The number of nitrogens with zero attached hydrogens (tertiary/aromatic N) is 1. The summed E-state index contributed by atoms with van der Waals surface area (Å²) in [5.41, 5.74) is 3.00. The molecule has 4 rings (SSSR count). The lowest BCUT2D eigenvalue weighted by molar-refractivity contribution is -0.112. The number of nitriles is 1. The maximum absolute atomic E-state index is 13.1. The van der Waals surface area contributed by atoms with Crippen LogP contribution < -0.4 is 14.8 Å². The summed E-state index contributed by atoms with van der Waals surface area (Å²) in [5, 5.41) is 12.3. The first-order valence-corrected chi connectivity index (χ1v) is 13.1. The molecule has 0 heterocycles. The molecule has 4 aromatic rings. The average Bonchev–Trinajstić information content (AvgIpc) is 2.92. The maximum Gasteiger partial charge on any atom is 0.266 e. The Morgan fingerprint density at radius 1 is 0.868 bits per heavy atom. The zero-order chi connectivity index (χ0) is 26.9. The minimum Gasteiger partial charge on any atom is -0.489 e. The first-order valence-electron chi connectivity index (χ1n) is 11.5. The summed E-state index contributed by atoms with van der Waals surface area (Å²) < 4.78 is 26.3. The van der Waals surface area contributed by atoms with Gasteiger partial charge in [0, 0.05) is 10.2 Å². The minimum absolute atomic E-state index is 0.0487. The molecule has 4 aromatic carbocycles. The van der Waals surface area contributed by atoms with Crippen molar-refractivity contribution in [3.05, 3.63) is 128 Å². The number of anilines is 1. The molecule has 8 heteroatoms. The highest BCUT2D eigenvalue weighted by atomic mass is 79.9. The van der Waals surface area contributed by atoms with Crippen LogP contribution >= 0.6 is 31.9 Å². The van der Waals surface area contributed by atoms with Crippen LogP contribution in [-0.4, -0.2) is 5.91 Å². The summed E-state index contributed by atoms with van der Waals surface area (Å²) in [4.78, 5) is 12.7. The molecule has 5 nitrogen and oxygen atoms in total. The van der Waals surface area contributed by atoms with Gasteiger partial charge < -0.3 is 14.8 Å². The highest BCUT2D eigenvalue weighted by molar-refractivity contribution is 9.10. The molecule has 0 spiro atoms. The van der Waals surface area contributed by atoms with E-state index in [-0.39, 0.29) is 18.0 Å². The molecule has 0 fully saturated rings. The van der Waals surface area contributed by atoms with Gasteiger partial charge in [0.15, 0.2) is 0 Å². The first-order chi connectivity index (χ1) is 18.4. The summed E-state index contributed by atoms with van der Waals surface area (Å²) in [5.74, 6) is 0.413. The van der Waals surface area contributed by atoms with Crippen molar-refractivity contribution in [2.24, 2.45) is 0 Å². The summed E-state index contributed by atoms with van der Waals surface area (Å²) in [6.45, 7) is 0.694. The predicted molar refractivity (Wildman–Crippen MR) is 152 cm³/mol. The molecule has 190 valence electrons. The Bertz CT molecular complexity index is 1480. The highest BCUT2D eigenvalue weighted by Gasteiger charge is 2.11. The summed E-state index contributed by atoms with van der Waals surface area (Å²) in [6, 6.07) is 28.0. The molecule has 0 saturated carbocycles. The standard InChI is InChI=1S/C30H21Br2FN2O3/c31-24-6-1-20(2-7-24)18-37-27-12-10-26(11-13-27)35-30(36)23(17-34)15-22-5-14-29(28(32)16-22)38-19-21-3-8-25(33)9-4-21/h1-16H,18-19H2,(H,35,36)/b23-15+. The monoisotopic (exact) mass is 634 g/mol. The third-order valence-corrected chi connectivity index (χ3v) is 6.52. The molecule has 0 unspecified atom stereocenters. The van der Waals surface area contributed by atoms with Crippen LogP contribution in [0.2, 0.25) is 0 Å². The fourth-order valence-corrected chi connectivity index (χ4v) is 4.14. The van der Waals surface area contributed by atoms with E-state index >= 15 is 0 Å². The van der Waals surface area contributed by atoms with Gasteiger partial charge in [0.05, 0.1) is 4.47 Å². The lowest BCUT2D eigenvalue weighted by Crippen LogP contribution is -2.13. The zero-order valence-corrected chi connectivity index (χ0v) is 23.1. The second kappa shape index (κ2) is 13.0. The average molecular weight is 636 g/mol. The molecular weight excluding hydrogens is 615 g/mol. The van der Waals surface area contributed by atoms with Gasteiger partial charge in [0.25, 0.3) is 5.91 Å². The Balaban J connectivity index is 1.34. The quantitative estimate of drug-likeness (QED) is 0.149. The Morgan fingerprint density at radius 2 is 1.50 bits per heavy atom. The second-order valence-corrected chi connectivity index (χ2v) is 9.94. The van der Waals surface area contributed by atoms with Crippen LogP contribution in [0.25, 0.3) is 6.08 Å². The fraction of sp³-hybridized carbons (Fsp3) is 0.0667. The summed E-state index contributed by atoms with van der Waals surface area (Å²) in [6.07, 6.45) is 1.50. The van der Waals surface area contributed by atoms with E-state index in [1.165, 1.54) is 18.2 Å². The number of carbonyl (C=O) groups excluding carboxylic acids is 1. The number of halogens is 3. The van der Waals surface area contributed by atoms with Gasteiger partial charge in [-0.2, -0.15) is 5.26 Å². The van der Waals surface area contributed by atoms with Gasteiger partial charge in [-0.25, -0.2) is 4.39 Å². The van der Waals surface area contributed by atoms with Gasteiger partial charge >= 0.3 is 0 Å². The number of benzene rings is 4. The van der Waals surface area contributed by atoms with Crippen LogP contribution in [-0.2, 0) is 18.0 Å². The summed E-state index contributed by atoms with van der Waals surface area (Å²) >= 11 is 6.87. The molecule has 0 aliphatic rings. The number of carbonyl (C=O) groups is 1. The smallest absolute Gasteiger partial charge is 0.266 e. The molecule has 0 bridgehead atoms. The van der Waals surface area contributed by atoms with Crippen LogP contribution in [0.5, 0.6) is 11.5 Å². The summed E-state index contributed by atoms with van der Waals surface area (Å²) in [7, 11) is 0. The van der Waals surface area contributed by atoms with Gasteiger partial charge in [0.2, 0.25) is 0 Å². The van der Waals surface area contributed by atoms with Gasteiger partial charge in [0.1, 0.15) is 42.2 Å². The van der Waals surface area contributed by atoms with Crippen molar-refractivity contribution < 1.29 is 18.7 Å². The van der Waals surface area contributed by atoms with E-state index in [1.807, 2.05) is 30.3 Å². The fourth-order valence-electron chi connectivity index (χ4n) is 3.36. The van der Waals surface area contributed by atoms with Crippen molar-refractivity contribution >= 4 is 49.5 Å². The van der Waals surface area contributed by atoms with Crippen molar-refractivity contribution in [1.82, 2.24) is 0 Å². The van der Waals surface area contributed by atoms with Crippen LogP contribution in [0.15, 0.2) is 106 Å². The van der Waals surface area contributed by atoms with E-state index in [1.54, 1.807) is 54.6 Å². The Labute approximate surface area is 236 Å². The number of ether oxygens (including phenoxy) is 2. The molecule has 0 aromatic heterocycles. The maximum atomic E-state index is 13.1. The molecule has 0 atom stereocenters. The Hall–Kier alpha value is -3.93. The van der Waals surface area contributed by atoms with E-state index in [4.69, 9.17) is 9.47 Å². The van der Waals surface area contributed by atoms with Crippen molar-refractivity contribution in [3.8, 4) is 17.6 Å². The van der Waals surface area contributed by atoms with Crippen molar-refractivity contribution in [3.63, 3.8) is 0 Å². The van der Waals surface area contributed by atoms with E-state index < -0.39 is 5.91 Å². The molecule has 1 amide bonds. The van der Waals surface area contributed by atoms with Gasteiger partial charge in [-0.05, 0) is 99.4 Å². The molecular formula is C30H21Br2FN2O3. The molecule has 0 aliphatic heterocycles.